The lowest BCUT2D eigenvalue weighted by atomic mass is 9.99. The highest BCUT2D eigenvalue weighted by Crippen LogP contribution is 2.24. The predicted octanol–water partition coefficient (Wildman–Crippen LogP) is 4.26. The van der Waals surface area contributed by atoms with E-state index in [0.717, 1.165) is 23.4 Å². The lowest BCUT2D eigenvalue weighted by molar-refractivity contribution is -0.120. The van der Waals surface area contributed by atoms with E-state index < -0.39 is 0 Å². The van der Waals surface area contributed by atoms with Crippen LogP contribution in [0, 0.1) is 0 Å². The van der Waals surface area contributed by atoms with Crippen molar-refractivity contribution in [3.63, 3.8) is 0 Å². The standard InChI is InChI=1S/C15H19ClN2OS/c1-11(20-14-9-7-12(16)8-10-14)15(19)18-17-13-5-3-2-4-6-13/h7-11H,2-6H2,1H3,(H,18,19)/t11-/m1/s1. The molecule has 20 heavy (non-hydrogen) atoms. The molecule has 0 bridgehead atoms. The van der Waals surface area contributed by atoms with Crippen LogP contribution < -0.4 is 5.43 Å². The molecule has 1 N–H and O–H groups in total. The third-order valence-electron chi connectivity index (χ3n) is 3.25. The van der Waals surface area contributed by atoms with Crippen LogP contribution in [-0.2, 0) is 4.79 Å². The van der Waals surface area contributed by atoms with Gasteiger partial charge in [0.25, 0.3) is 5.91 Å². The molecule has 3 nitrogen and oxygen atoms in total. The largest absolute Gasteiger partial charge is 0.272 e. The molecule has 1 saturated carbocycles. The summed E-state index contributed by atoms with van der Waals surface area (Å²) in [6.45, 7) is 1.88. The van der Waals surface area contributed by atoms with Crippen molar-refractivity contribution in [2.75, 3.05) is 0 Å². The van der Waals surface area contributed by atoms with Crippen molar-refractivity contribution in [1.82, 2.24) is 5.43 Å². The molecule has 1 fully saturated rings. The van der Waals surface area contributed by atoms with Crippen LogP contribution in [0.1, 0.15) is 39.0 Å². The van der Waals surface area contributed by atoms with Gasteiger partial charge in [0, 0.05) is 15.6 Å². The minimum atomic E-state index is -0.177. The van der Waals surface area contributed by atoms with Crippen LogP contribution in [-0.4, -0.2) is 16.9 Å². The van der Waals surface area contributed by atoms with Gasteiger partial charge in [-0.05, 0) is 56.9 Å². The van der Waals surface area contributed by atoms with Gasteiger partial charge in [-0.15, -0.1) is 11.8 Å². The number of carbonyl (C=O) groups excluding carboxylic acids is 1. The van der Waals surface area contributed by atoms with E-state index in [1.54, 1.807) is 0 Å². The molecule has 0 spiro atoms. The number of rotatable bonds is 4. The highest BCUT2D eigenvalue weighted by molar-refractivity contribution is 8.00. The Morgan fingerprint density at radius 2 is 1.90 bits per heavy atom. The second kappa shape index (κ2) is 7.70. The van der Waals surface area contributed by atoms with Crippen molar-refractivity contribution in [2.24, 2.45) is 5.10 Å². The van der Waals surface area contributed by atoms with Gasteiger partial charge in [0.2, 0.25) is 0 Å². The molecular weight excluding hydrogens is 292 g/mol. The fourth-order valence-corrected chi connectivity index (χ4v) is 3.05. The van der Waals surface area contributed by atoms with E-state index in [4.69, 9.17) is 11.6 Å². The first kappa shape index (κ1) is 15.4. The fraction of sp³-hybridized carbons (Fsp3) is 0.467. The summed E-state index contributed by atoms with van der Waals surface area (Å²) in [6.07, 6.45) is 5.67. The summed E-state index contributed by atoms with van der Waals surface area (Å²) in [5, 5.41) is 4.77. The van der Waals surface area contributed by atoms with E-state index >= 15 is 0 Å². The smallest absolute Gasteiger partial charge is 0.253 e. The van der Waals surface area contributed by atoms with Gasteiger partial charge in [-0.2, -0.15) is 5.10 Å². The Kier molecular flexibility index (Phi) is 5.92. The number of benzene rings is 1. The van der Waals surface area contributed by atoms with Gasteiger partial charge >= 0.3 is 0 Å². The third-order valence-corrected chi connectivity index (χ3v) is 4.61. The van der Waals surface area contributed by atoms with Gasteiger partial charge in [0.05, 0.1) is 5.25 Å². The van der Waals surface area contributed by atoms with Crippen molar-refractivity contribution in [3.8, 4) is 0 Å². The molecule has 0 heterocycles. The Hall–Kier alpha value is -1.00. The second-order valence-corrected chi connectivity index (χ2v) is 6.78. The predicted molar refractivity (Wildman–Crippen MR) is 85.4 cm³/mol. The van der Waals surface area contributed by atoms with Crippen molar-refractivity contribution in [3.05, 3.63) is 29.3 Å². The average molecular weight is 311 g/mol. The molecule has 1 aromatic carbocycles. The topological polar surface area (TPSA) is 41.5 Å². The van der Waals surface area contributed by atoms with Crippen LogP contribution >= 0.6 is 23.4 Å². The summed E-state index contributed by atoms with van der Waals surface area (Å²) < 4.78 is 0. The number of thioether (sulfide) groups is 1. The summed E-state index contributed by atoms with van der Waals surface area (Å²) in [6, 6.07) is 7.50. The quantitative estimate of drug-likeness (QED) is 0.667. The Balaban J connectivity index is 1.83. The van der Waals surface area contributed by atoms with Gasteiger partial charge < -0.3 is 0 Å². The van der Waals surface area contributed by atoms with E-state index in [2.05, 4.69) is 10.5 Å². The maximum absolute atomic E-state index is 12.0. The molecule has 1 atom stereocenters. The molecule has 1 aliphatic carbocycles. The van der Waals surface area contributed by atoms with Gasteiger partial charge in [-0.1, -0.05) is 18.0 Å². The number of amides is 1. The second-order valence-electron chi connectivity index (χ2n) is 4.93. The monoisotopic (exact) mass is 310 g/mol. The molecule has 0 radical (unpaired) electrons. The molecule has 0 saturated heterocycles. The van der Waals surface area contributed by atoms with E-state index in [1.807, 2.05) is 31.2 Å². The Morgan fingerprint density at radius 3 is 2.55 bits per heavy atom. The lowest BCUT2D eigenvalue weighted by Gasteiger charge is -2.13. The van der Waals surface area contributed by atoms with Crippen molar-refractivity contribution >= 4 is 35.0 Å². The van der Waals surface area contributed by atoms with Crippen LogP contribution in [0.3, 0.4) is 0 Å². The molecule has 1 aliphatic rings. The number of halogens is 1. The number of nitrogens with one attached hydrogen (secondary N) is 1. The zero-order chi connectivity index (χ0) is 14.4. The van der Waals surface area contributed by atoms with Crippen LogP contribution in [0.15, 0.2) is 34.3 Å². The SMILES string of the molecule is C[C@@H](Sc1ccc(Cl)cc1)C(=O)NN=C1CCCCC1. The average Bonchev–Trinajstić information content (AvgIpc) is 2.48. The Bertz CT molecular complexity index is 479. The minimum absolute atomic E-state index is 0.0528. The van der Waals surface area contributed by atoms with Crippen LogP contribution in [0.25, 0.3) is 0 Å². The molecule has 0 aliphatic heterocycles. The highest BCUT2D eigenvalue weighted by atomic mass is 35.5. The molecule has 5 heteroatoms. The van der Waals surface area contributed by atoms with Crippen LogP contribution in [0.2, 0.25) is 5.02 Å². The molecule has 0 aromatic heterocycles. The number of carbonyl (C=O) groups is 1. The maximum atomic E-state index is 12.0. The summed E-state index contributed by atoms with van der Waals surface area (Å²) in [5.41, 5.74) is 3.80. The minimum Gasteiger partial charge on any atom is -0.272 e. The molecule has 0 unspecified atom stereocenters. The molecule has 2 rings (SSSR count). The molecule has 108 valence electrons. The van der Waals surface area contributed by atoms with E-state index in [0.29, 0.717) is 5.02 Å². The third kappa shape index (κ3) is 4.84. The highest BCUT2D eigenvalue weighted by Gasteiger charge is 2.14. The zero-order valence-electron chi connectivity index (χ0n) is 11.6. The first-order chi connectivity index (χ1) is 9.65. The summed E-state index contributed by atoms with van der Waals surface area (Å²) in [7, 11) is 0. The van der Waals surface area contributed by atoms with Crippen LogP contribution in [0.4, 0.5) is 0 Å². The van der Waals surface area contributed by atoms with Crippen molar-refractivity contribution in [2.45, 2.75) is 49.2 Å². The van der Waals surface area contributed by atoms with Gasteiger partial charge in [-0.3, -0.25) is 4.79 Å². The first-order valence-corrected chi connectivity index (χ1v) is 8.18. The van der Waals surface area contributed by atoms with Crippen molar-refractivity contribution in [1.29, 1.82) is 0 Å². The van der Waals surface area contributed by atoms with Gasteiger partial charge in [0.1, 0.15) is 0 Å². The normalized spacial score (nSPS) is 16.6. The fourth-order valence-electron chi connectivity index (χ4n) is 2.07. The number of hydrogen-bond acceptors (Lipinski definition) is 3. The van der Waals surface area contributed by atoms with Gasteiger partial charge in [0.15, 0.2) is 0 Å². The molecule has 1 aromatic rings. The van der Waals surface area contributed by atoms with E-state index in [1.165, 1.54) is 31.0 Å². The number of hydrazone groups is 1. The lowest BCUT2D eigenvalue weighted by Crippen LogP contribution is -2.28. The Labute approximate surface area is 129 Å². The molecule has 1 amide bonds. The number of hydrogen-bond donors (Lipinski definition) is 1. The molecular formula is C15H19ClN2OS. The van der Waals surface area contributed by atoms with E-state index in [9.17, 15) is 4.79 Å². The summed E-state index contributed by atoms with van der Waals surface area (Å²) in [5.74, 6) is -0.0528. The first-order valence-electron chi connectivity index (χ1n) is 6.92. The van der Waals surface area contributed by atoms with Crippen LogP contribution in [0.5, 0.6) is 0 Å². The maximum Gasteiger partial charge on any atom is 0.253 e. The van der Waals surface area contributed by atoms with Gasteiger partial charge in [-0.25, -0.2) is 5.43 Å². The number of nitrogens with zero attached hydrogens (tertiary/aromatic N) is 1. The zero-order valence-corrected chi connectivity index (χ0v) is 13.1. The summed E-state index contributed by atoms with van der Waals surface area (Å²) in [4.78, 5) is 13.0. The Morgan fingerprint density at radius 1 is 1.25 bits per heavy atom. The van der Waals surface area contributed by atoms with E-state index in [-0.39, 0.29) is 11.2 Å². The van der Waals surface area contributed by atoms with Crippen molar-refractivity contribution < 1.29 is 4.79 Å². The summed E-state index contributed by atoms with van der Waals surface area (Å²) >= 11 is 7.35.